The molecule has 2 unspecified atom stereocenters. The Kier molecular flexibility index (Phi) is 5.17. The number of hydrogen-bond acceptors (Lipinski definition) is 4. The summed E-state index contributed by atoms with van der Waals surface area (Å²) in [6.07, 6.45) is 1.71. The molecule has 0 saturated carbocycles. The first-order valence-electron chi connectivity index (χ1n) is 7.73. The number of rotatable bonds is 4. The largest absolute Gasteiger partial charge is 0.351 e. The van der Waals surface area contributed by atoms with Crippen molar-refractivity contribution in [3.8, 4) is 0 Å². The number of likely N-dealkylation sites (N-methyl/N-ethyl adjacent to an activating group) is 1. The van der Waals surface area contributed by atoms with Gasteiger partial charge >= 0.3 is 0 Å². The van der Waals surface area contributed by atoms with Crippen LogP contribution in [0.2, 0.25) is 0 Å². The molecule has 1 fully saturated rings. The molecule has 0 amide bonds. The molecule has 0 radical (unpaired) electrons. The Bertz CT molecular complexity index is 465. The van der Waals surface area contributed by atoms with E-state index in [1.54, 1.807) is 12.3 Å². The highest BCUT2D eigenvalue weighted by atomic mass is 19.1. The van der Waals surface area contributed by atoms with Crippen molar-refractivity contribution in [2.75, 3.05) is 25.0 Å². The molecule has 2 atom stereocenters. The second-order valence-corrected chi connectivity index (χ2v) is 6.41. The van der Waals surface area contributed by atoms with E-state index in [-0.39, 0.29) is 5.82 Å². The fourth-order valence-electron chi connectivity index (χ4n) is 2.72. The molecule has 1 aliphatic rings. The first kappa shape index (κ1) is 16.2. The van der Waals surface area contributed by atoms with Crippen LogP contribution in [0.25, 0.3) is 0 Å². The smallest absolute Gasteiger partial charge is 0.170 e. The van der Waals surface area contributed by atoms with Crippen molar-refractivity contribution in [2.45, 2.75) is 52.4 Å². The van der Waals surface area contributed by atoms with E-state index in [1.807, 2.05) is 0 Å². The fourth-order valence-corrected chi connectivity index (χ4v) is 2.72. The van der Waals surface area contributed by atoms with Gasteiger partial charge in [0.25, 0.3) is 0 Å². The maximum Gasteiger partial charge on any atom is 0.170 e. The van der Waals surface area contributed by atoms with Crippen LogP contribution in [0.5, 0.6) is 0 Å². The highest BCUT2D eigenvalue weighted by molar-refractivity contribution is 5.44. The van der Waals surface area contributed by atoms with Crippen LogP contribution in [0, 0.1) is 5.82 Å². The summed E-state index contributed by atoms with van der Waals surface area (Å²) < 4.78 is 14.7. The zero-order chi connectivity index (χ0) is 15.6. The van der Waals surface area contributed by atoms with Gasteiger partial charge < -0.3 is 10.2 Å². The SMILES string of the molecule is CC(C)NCc1ccnc(N2CC(C)N(C)C(C)C2)c1F. The maximum atomic E-state index is 14.7. The van der Waals surface area contributed by atoms with Crippen LogP contribution < -0.4 is 10.2 Å². The van der Waals surface area contributed by atoms with Crippen molar-refractivity contribution in [3.63, 3.8) is 0 Å². The van der Waals surface area contributed by atoms with Crippen molar-refractivity contribution < 1.29 is 4.39 Å². The highest BCUT2D eigenvalue weighted by Gasteiger charge is 2.29. The Morgan fingerprint density at radius 1 is 1.33 bits per heavy atom. The van der Waals surface area contributed by atoms with E-state index in [1.165, 1.54) is 0 Å². The van der Waals surface area contributed by atoms with Gasteiger partial charge in [-0.1, -0.05) is 13.8 Å². The Morgan fingerprint density at radius 3 is 2.52 bits per heavy atom. The molecule has 4 nitrogen and oxygen atoms in total. The molecule has 0 bridgehead atoms. The molecule has 118 valence electrons. The Hall–Kier alpha value is -1.20. The number of aromatic nitrogens is 1. The first-order chi connectivity index (χ1) is 9.90. The standard InChI is InChI=1S/C16H27FN4/c1-11(2)19-8-14-6-7-18-16(15(14)17)21-9-12(3)20(5)13(4)10-21/h6-7,11-13,19H,8-10H2,1-5H3. The third-order valence-corrected chi connectivity index (χ3v) is 4.31. The topological polar surface area (TPSA) is 31.4 Å². The maximum absolute atomic E-state index is 14.7. The van der Waals surface area contributed by atoms with Crippen molar-refractivity contribution in [1.82, 2.24) is 15.2 Å². The number of hydrogen-bond donors (Lipinski definition) is 1. The number of anilines is 1. The van der Waals surface area contributed by atoms with Gasteiger partial charge in [0.05, 0.1) is 0 Å². The van der Waals surface area contributed by atoms with Crippen LogP contribution in [-0.4, -0.2) is 48.1 Å². The zero-order valence-corrected chi connectivity index (χ0v) is 13.7. The molecule has 5 heteroatoms. The number of piperazine rings is 1. The summed E-state index contributed by atoms with van der Waals surface area (Å²) in [5, 5.41) is 3.26. The lowest BCUT2D eigenvalue weighted by Crippen LogP contribution is -2.55. The summed E-state index contributed by atoms with van der Waals surface area (Å²) in [6.45, 7) is 10.6. The zero-order valence-electron chi connectivity index (χ0n) is 13.7. The lowest BCUT2D eigenvalue weighted by atomic mass is 10.1. The molecule has 1 saturated heterocycles. The van der Waals surface area contributed by atoms with Gasteiger partial charge in [0.15, 0.2) is 11.6 Å². The second-order valence-electron chi connectivity index (χ2n) is 6.41. The number of pyridine rings is 1. The van der Waals surface area contributed by atoms with Crippen LogP contribution in [-0.2, 0) is 6.54 Å². The van der Waals surface area contributed by atoms with E-state index in [4.69, 9.17) is 0 Å². The second kappa shape index (κ2) is 6.71. The number of halogens is 1. The summed E-state index contributed by atoms with van der Waals surface area (Å²) in [5.41, 5.74) is 0.688. The molecule has 0 aliphatic carbocycles. The van der Waals surface area contributed by atoms with Crippen molar-refractivity contribution in [2.24, 2.45) is 0 Å². The minimum atomic E-state index is -0.186. The summed E-state index contributed by atoms with van der Waals surface area (Å²) in [4.78, 5) is 8.69. The molecule has 1 aliphatic heterocycles. The van der Waals surface area contributed by atoms with Crippen LogP contribution in [0.15, 0.2) is 12.3 Å². The van der Waals surface area contributed by atoms with Crippen molar-refractivity contribution >= 4 is 5.82 Å². The molecule has 2 rings (SSSR count). The molecular formula is C16H27FN4. The van der Waals surface area contributed by atoms with E-state index in [0.29, 0.717) is 36.1 Å². The van der Waals surface area contributed by atoms with Crippen molar-refractivity contribution in [3.05, 3.63) is 23.6 Å². The van der Waals surface area contributed by atoms with E-state index in [2.05, 4.69) is 54.8 Å². The Labute approximate surface area is 127 Å². The van der Waals surface area contributed by atoms with Gasteiger partial charge in [-0.05, 0) is 27.0 Å². The molecule has 2 heterocycles. The monoisotopic (exact) mass is 294 g/mol. The highest BCUT2D eigenvalue weighted by Crippen LogP contribution is 2.24. The third kappa shape index (κ3) is 3.71. The Balaban J connectivity index is 2.18. The van der Waals surface area contributed by atoms with Gasteiger partial charge in [0, 0.05) is 49.5 Å². The number of nitrogens with one attached hydrogen (secondary N) is 1. The third-order valence-electron chi connectivity index (χ3n) is 4.31. The Morgan fingerprint density at radius 2 is 1.95 bits per heavy atom. The molecular weight excluding hydrogens is 267 g/mol. The van der Waals surface area contributed by atoms with E-state index < -0.39 is 0 Å². The summed E-state index contributed by atoms with van der Waals surface area (Å²) in [6, 6.07) is 2.89. The van der Waals surface area contributed by atoms with Crippen LogP contribution in [0.3, 0.4) is 0 Å². The summed E-state index contributed by atoms with van der Waals surface area (Å²) in [5.74, 6) is 0.305. The minimum Gasteiger partial charge on any atom is -0.351 e. The molecule has 1 aromatic rings. The molecule has 1 N–H and O–H groups in total. The van der Waals surface area contributed by atoms with Gasteiger partial charge in [-0.3, -0.25) is 4.90 Å². The van der Waals surface area contributed by atoms with E-state index >= 15 is 0 Å². The van der Waals surface area contributed by atoms with Gasteiger partial charge in [-0.2, -0.15) is 0 Å². The normalized spacial score (nSPS) is 23.9. The van der Waals surface area contributed by atoms with Gasteiger partial charge in [0.1, 0.15) is 0 Å². The minimum absolute atomic E-state index is 0.186. The van der Waals surface area contributed by atoms with Crippen LogP contribution in [0.4, 0.5) is 10.2 Å². The summed E-state index contributed by atoms with van der Waals surface area (Å²) >= 11 is 0. The van der Waals surface area contributed by atoms with Gasteiger partial charge in [-0.25, -0.2) is 9.37 Å². The molecule has 21 heavy (non-hydrogen) atoms. The van der Waals surface area contributed by atoms with E-state index in [9.17, 15) is 4.39 Å². The quantitative estimate of drug-likeness (QED) is 0.923. The van der Waals surface area contributed by atoms with Crippen LogP contribution >= 0.6 is 0 Å². The average Bonchev–Trinajstić information content (AvgIpc) is 2.43. The van der Waals surface area contributed by atoms with E-state index in [0.717, 1.165) is 13.1 Å². The lowest BCUT2D eigenvalue weighted by molar-refractivity contribution is 0.169. The molecule has 0 aromatic carbocycles. The average molecular weight is 294 g/mol. The van der Waals surface area contributed by atoms with Gasteiger partial charge in [0.2, 0.25) is 0 Å². The fraction of sp³-hybridized carbons (Fsp3) is 0.688. The van der Waals surface area contributed by atoms with Crippen LogP contribution in [0.1, 0.15) is 33.3 Å². The first-order valence-corrected chi connectivity index (χ1v) is 7.73. The predicted octanol–water partition coefficient (Wildman–Crippen LogP) is 2.25. The summed E-state index contributed by atoms with van der Waals surface area (Å²) in [7, 11) is 2.12. The van der Waals surface area contributed by atoms with Crippen molar-refractivity contribution in [1.29, 1.82) is 0 Å². The number of nitrogens with zero attached hydrogens (tertiary/aromatic N) is 3. The molecule has 0 spiro atoms. The predicted molar refractivity (Wildman–Crippen MR) is 85.1 cm³/mol. The lowest BCUT2D eigenvalue weighted by Gasteiger charge is -2.43. The van der Waals surface area contributed by atoms with Gasteiger partial charge in [-0.15, -0.1) is 0 Å². The molecule has 1 aromatic heterocycles.